The molecular formula is C35H48ClN7O2S. The zero-order chi connectivity index (χ0) is 33.4. The van der Waals surface area contributed by atoms with Gasteiger partial charge in [0, 0.05) is 84.5 Å². The van der Waals surface area contributed by atoms with Gasteiger partial charge in [-0.3, -0.25) is 29.1 Å². The summed E-state index contributed by atoms with van der Waals surface area (Å²) in [6.07, 6.45) is 7.20. The van der Waals surface area contributed by atoms with Gasteiger partial charge >= 0.3 is 0 Å². The van der Waals surface area contributed by atoms with Crippen LogP contribution in [0.3, 0.4) is 0 Å². The number of nitrogens with one attached hydrogen (secondary N) is 1. The number of aromatic nitrogens is 3. The van der Waals surface area contributed by atoms with E-state index < -0.39 is 0 Å². The number of benzene rings is 1. The van der Waals surface area contributed by atoms with Crippen molar-refractivity contribution in [3.63, 3.8) is 0 Å². The first kappa shape index (κ1) is 35.7. The molecule has 2 fully saturated rings. The average molecular weight is 666 g/mol. The summed E-state index contributed by atoms with van der Waals surface area (Å²) in [5, 5.41) is 8.52. The van der Waals surface area contributed by atoms with Crippen molar-refractivity contribution in [2.75, 3.05) is 26.2 Å². The molecule has 11 heteroatoms. The molecule has 3 N–H and O–H groups in total. The molecule has 0 radical (unpaired) electrons. The highest BCUT2D eigenvalue weighted by molar-refractivity contribution is 7.19. The first-order chi connectivity index (χ1) is 22.1. The van der Waals surface area contributed by atoms with Crippen LogP contribution >= 0.6 is 22.9 Å². The van der Waals surface area contributed by atoms with Gasteiger partial charge in [-0.05, 0) is 74.7 Å². The lowest BCUT2D eigenvalue weighted by atomic mass is 9.97. The SMILES string of the molecule is CC.CC1CN(Cc2cnn(CCCN)c2)CCN1.Cc1cc(Cl)cc(-c2ccnc3cc(CN4C(=O)CC(C)C4=O)sc23)c1C. The third-order valence-corrected chi connectivity index (χ3v) is 9.67. The number of rotatable bonds is 8. The van der Waals surface area contributed by atoms with Gasteiger partial charge in [-0.15, -0.1) is 11.3 Å². The topological polar surface area (TPSA) is 109 Å². The van der Waals surface area contributed by atoms with Crippen LogP contribution in [0.4, 0.5) is 0 Å². The molecule has 2 amide bonds. The van der Waals surface area contributed by atoms with Crippen LogP contribution in [0.5, 0.6) is 0 Å². The number of nitrogens with two attached hydrogens (primary N) is 1. The van der Waals surface area contributed by atoms with Crippen molar-refractivity contribution >= 4 is 45.0 Å². The minimum Gasteiger partial charge on any atom is -0.330 e. The molecule has 248 valence electrons. The molecule has 2 unspecified atom stereocenters. The molecule has 1 aromatic carbocycles. The Bertz CT molecular complexity index is 1630. The fraction of sp³-hybridized carbons (Fsp3) is 0.486. The fourth-order valence-corrected chi connectivity index (χ4v) is 7.22. The summed E-state index contributed by atoms with van der Waals surface area (Å²) in [5.41, 5.74) is 12.1. The molecule has 5 heterocycles. The van der Waals surface area contributed by atoms with E-state index in [2.05, 4.69) is 47.3 Å². The Balaban J connectivity index is 0.000000218. The Hall–Kier alpha value is -3.15. The van der Waals surface area contributed by atoms with Crippen LogP contribution in [-0.4, -0.2) is 68.6 Å². The Labute approximate surface area is 282 Å². The van der Waals surface area contributed by atoms with Gasteiger partial charge in [0.05, 0.1) is 23.0 Å². The van der Waals surface area contributed by atoms with Crippen LogP contribution in [0.25, 0.3) is 21.3 Å². The van der Waals surface area contributed by atoms with Crippen LogP contribution < -0.4 is 11.1 Å². The van der Waals surface area contributed by atoms with Crippen LogP contribution in [0.1, 0.15) is 62.1 Å². The Kier molecular flexibility index (Phi) is 12.9. The van der Waals surface area contributed by atoms with Crippen molar-refractivity contribution < 1.29 is 9.59 Å². The molecule has 0 bridgehead atoms. The van der Waals surface area contributed by atoms with Gasteiger partial charge in [-0.2, -0.15) is 5.10 Å². The standard InChI is InChI=1S/C21H19ClN2O2S.C12H23N5.C2H6/c1-11-6-14(22)8-17(13(11)3)16-4-5-23-18-9-15(27-20(16)18)10-24-19(25)7-12(2)21(24)26;1-11-8-16(6-4-14-11)9-12-7-15-17(10-12)5-2-3-13;1-2/h4-6,8-9,12H,7,10H2,1-3H3;7,10-11,14H,2-6,8-9,13H2,1H3;1-2H3. The van der Waals surface area contributed by atoms with Crippen molar-refractivity contribution in [1.29, 1.82) is 0 Å². The maximum Gasteiger partial charge on any atom is 0.232 e. The predicted octanol–water partition coefficient (Wildman–Crippen LogP) is 6.18. The molecule has 4 aromatic rings. The number of pyridine rings is 1. The number of thiophene rings is 1. The van der Waals surface area contributed by atoms with Gasteiger partial charge in [0.2, 0.25) is 11.8 Å². The normalized spacial score (nSPS) is 18.4. The van der Waals surface area contributed by atoms with E-state index in [1.54, 1.807) is 24.5 Å². The van der Waals surface area contributed by atoms with E-state index >= 15 is 0 Å². The molecule has 46 heavy (non-hydrogen) atoms. The first-order valence-corrected chi connectivity index (χ1v) is 17.5. The zero-order valence-corrected chi connectivity index (χ0v) is 29.5. The number of imide groups is 1. The molecule has 0 aliphatic carbocycles. The van der Waals surface area contributed by atoms with Crippen LogP contribution in [0, 0.1) is 19.8 Å². The van der Waals surface area contributed by atoms with Crippen LogP contribution in [-0.2, 0) is 29.2 Å². The minimum atomic E-state index is -0.224. The van der Waals surface area contributed by atoms with E-state index in [0.29, 0.717) is 24.0 Å². The monoisotopic (exact) mass is 665 g/mol. The van der Waals surface area contributed by atoms with Gasteiger partial charge < -0.3 is 11.1 Å². The molecule has 0 saturated carbocycles. The van der Waals surface area contributed by atoms with Crippen molar-refractivity contribution in [2.45, 2.75) is 80.1 Å². The first-order valence-electron chi connectivity index (χ1n) is 16.3. The summed E-state index contributed by atoms with van der Waals surface area (Å²) in [7, 11) is 0. The lowest BCUT2D eigenvalue weighted by Crippen LogP contribution is -2.48. The second kappa shape index (κ2) is 16.6. The number of aryl methyl sites for hydroxylation is 2. The number of nitrogens with zero attached hydrogens (tertiary/aromatic N) is 5. The maximum absolute atomic E-state index is 12.2. The Morgan fingerprint density at radius 1 is 1.11 bits per heavy atom. The summed E-state index contributed by atoms with van der Waals surface area (Å²) in [6.45, 7) is 18.5. The third-order valence-electron chi connectivity index (χ3n) is 8.31. The number of hydrogen-bond donors (Lipinski definition) is 2. The zero-order valence-electron chi connectivity index (χ0n) is 28.0. The summed E-state index contributed by atoms with van der Waals surface area (Å²) >= 11 is 7.87. The van der Waals surface area contributed by atoms with E-state index in [-0.39, 0.29) is 17.7 Å². The van der Waals surface area contributed by atoms with Crippen LogP contribution in [0.2, 0.25) is 5.02 Å². The number of likely N-dealkylation sites (tertiary alicyclic amines) is 1. The second-order valence-electron chi connectivity index (χ2n) is 11.9. The number of amides is 2. The molecular weight excluding hydrogens is 618 g/mol. The summed E-state index contributed by atoms with van der Waals surface area (Å²) in [6, 6.07) is 8.50. The minimum absolute atomic E-state index is 0.0908. The molecule has 9 nitrogen and oxygen atoms in total. The summed E-state index contributed by atoms with van der Waals surface area (Å²) in [4.78, 5) is 33.6. The number of hydrogen-bond acceptors (Lipinski definition) is 8. The molecule has 0 spiro atoms. The molecule has 2 atom stereocenters. The van der Waals surface area contributed by atoms with Gasteiger partial charge in [0.1, 0.15) is 0 Å². The summed E-state index contributed by atoms with van der Waals surface area (Å²) < 4.78 is 3.04. The highest BCUT2D eigenvalue weighted by Gasteiger charge is 2.35. The molecule has 2 saturated heterocycles. The number of carbonyl (C=O) groups excluding carboxylic acids is 2. The van der Waals surface area contributed by atoms with Crippen molar-refractivity contribution in [3.05, 3.63) is 69.4 Å². The lowest BCUT2D eigenvalue weighted by Gasteiger charge is -2.31. The Morgan fingerprint density at radius 2 is 1.89 bits per heavy atom. The third kappa shape index (κ3) is 8.80. The predicted molar refractivity (Wildman–Crippen MR) is 189 cm³/mol. The van der Waals surface area contributed by atoms with Gasteiger partial charge in [-0.1, -0.05) is 32.4 Å². The van der Waals surface area contributed by atoms with E-state index in [9.17, 15) is 9.59 Å². The number of fused-ring (bicyclic) bond motifs is 1. The van der Waals surface area contributed by atoms with E-state index in [0.717, 1.165) is 77.5 Å². The van der Waals surface area contributed by atoms with E-state index in [1.165, 1.54) is 16.0 Å². The summed E-state index contributed by atoms with van der Waals surface area (Å²) in [5.74, 6) is -0.413. The van der Waals surface area contributed by atoms with E-state index in [4.69, 9.17) is 17.3 Å². The highest BCUT2D eigenvalue weighted by atomic mass is 35.5. The second-order valence-corrected chi connectivity index (χ2v) is 13.5. The lowest BCUT2D eigenvalue weighted by molar-refractivity contribution is -0.139. The number of carbonyl (C=O) groups is 2. The largest absolute Gasteiger partial charge is 0.330 e. The van der Waals surface area contributed by atoms with Gasteiger partial charge in [-0.25, -0.2) is 0 Å². The molecule has 2 aliphatic rings. The molecule has 6 rings (SSSR count). The van der Waals surface area contributed by atoms with Crippen molar-refractivity contribution in [3.8, 4) is 11.1 Å². The molecule has 2 aliphatic heterocycles. The van der Waals surface area contributed by atoms with Crippen molar-refractivity contribution in [1.82, 2.24) is 29.9 Å². The Morgan fingerprint density at radius 3 is 2.59 bits per heavy atom. The van der Waals surface area contributed by atoms with Gasteiger partial charge in [0.15, 0.2) is 0 Å². The smallest absolute Gasteiger partial charge is 0.232 e. The fourth-order valence-electron chi connectivity index (χ4n) is 5.82. The van der Waals surface area contributed by atoms with Gasteiger partial charge in [0.25, 0.3) is 0 Å². The van der Waals surface area contributed by atoms with Crippen molar-refractivity contribution in [2.24, 2.45) is 11.7 Å². The highest BCUT2D eigenvalue weighted by Crippen LogP contribution is 2.38. The molecule has 3 aromatic heterocycles. The number of halogens is 1. The maximum atomic E-state index is 12.2. The number of piperazine rings is 1. The van der Waals surface area contributed by atoms with E-state index in [1.807, 2.05) is 49.0 Å². The quantitative estimate of drug-likeness (QED) is 0.216. The van der Waals surface area contributed by atoms with Crippen LogP contribution in [0.15, 0.2) is 42.9 Å². The average Bonchev–Trinajstić information content (AvgIpc) is 3.73.